The summed E-state index contributed by atoms with van der Waals surface area (Å²) in [4.78, 5) is 39.2. The summed E-state index contributed by atoms with van der Waals surface area (Å²) in [6.07, 6.45) is 0.462. The molecule has 1 aromatic carbocycles. The third-order valence-electron chi connectivity index (χ3n) is 5.99. The first-order valence-electron chi connectivity index (χ1n) is 10.5. The molecule has 172 valence electrons. The van der Waals surface area contributed by atoms with Crippen LogP contribution in [0.3, 0.4) is 0 Å². The van der Waals surface area contributed by atoms with Crippen LogP contribution in [0.1, 0.15) is 38.7 Å². The fourth-order valence-electron chi connectivity index (χ4n) is 4.53. The van der Waals surface area contributed by atoms with Gasteiger partial charge in [0.2, 0.25) is 0 Å². The number of Topliss-reactive ketones (excluding diaryl/α,β-unsaturated/α-hetero) is 1. The zero-order valence-corrected chi connectivity index (χ0v) is 19.2. The van der Waals surface area contributed by atoms with Crippen LogP contribution in [-0.4, -0.2) is 45.7 Å². The molecule has 0 unspecified atom stereocenters. The molecule has 8 heteroatoms. The smallest absolute Gasteiger partial charge is 0.336 e. The Morgan fingerprint density at radius 2 is 1.88 bits per heavy atom. The van der Waals surface area contributed by atoms with Gasteiger partial charge in [0.1, 0.15) is 17.4 Å². The van der Waals surface area contributed by atoms with Gasteiger partial charge >= 0.3 is 11.9 Å². The highest BCUT2D eigenvalue weighted by Gasteiger charge is 2.47. The van der Waals surface area contributed by atoms with E-state index >= 15 is 0 Å². The van der Waals surface area contributed by atoms with Gasteiger partial charge < -0.3 is 24.3 Å². The number of benzene rings is 1. The lowest BCUT2D eigenvalue weighted by molar-refractivity contribution is -0.151. The Balaban J connectivity index is 2.25. The second-order valence-electron chi connectivity index (χ2n) is 7.86. The first-order valence-corrected chi connectivity index (χ1v) is 10.5. The molecule has 0 aromatic heterocycles. The highest BCUT2D eigenvalue weighted by Crippen LogP contribution is 2.48. The van der Waals surface area contributed by atoms with Crippen molar-refractivity contribution in [3.8, 4) is 11.5 Å². The van der Waals surface area contributed by atoms with Gasteiger partial charge in [-0.2, -0.15) is 0 Å². The molecule has 0 radical (unpaired) electrons. The number of dihydropyridines is 1. The monoisotopic (exact) mass is 443 g/mol. The summed E-state index contributed by atoms with van der Waals surface area (Å²) in [5, 5.41) is 3.23. The second-order valence-corrected chi connectivity index (χ2v) is 7.86. The van der Waals surface area contributed by atoms with Crippen LogP contribution < -0.4 is 14.8 Å². The Morgan fingerprint density at radius 1 is 1.16 bits per heavy atom. The van der Waals surface area contributed by atoms with Crippen LogP contribution in [0.15, 0.2) is 40.7 Å². The maximum absolute atomic E-state index is 13.7. The van der Waals surface area contributed by atoms with E-state index in [4.69, 9.17) is 18.9 Å². The first-order chi connectivity index (χ1) is 15.3. The zero-order chi connectivity index (χ0) is 23.6. The predicted octanol–water partition coefficient (Wildman–Crippen LogP) is 2.88. The van der Waals surface area contributed by atoms with Crippen LogP contribution >= 0.6 is 0 Å². The molecule has 8 nitrogen and oxygen atoms in total. The van der Waals surface area contributed by atoms with Crippen molar-refractivity contribution in [1.82, 2.24) is 5.32 Å². The van der Waals surface area contributed by atoms with Crippen molar-refractivity contribution in [2.75, 3.05) is 27.9 Å². The van der Waals surface area contributed by atoms with Crippen molar-refractivity contribution in [3.05, 3.63) is 46.3 Å². The third-order valence-corrected chi connectivity index (χ3v) is 5.99. The molecule has 1 heterocycles. The van der Waals surface area contributed by atoms with E-state index in [9.17, 15) is 14.4 Å². The average molecular weight is 443 g/mol. The molecule has 3 rings (SSSR count). The molecule has 1 aromatic rings. The van der Waals surface area contributed by atoms with Crippen molar-refractivity contribution < 1.29 is 33.3 Å². The minimum Gasteiger partial charge on any atom is -0.497 e. The van der Waals surface area contributed by atoms with Gasteiger partial charge in [0.05, 0.1) is 39.4 Å². The Bertz CT molecular complexity index is 1010. The molecule has 0 bridgehead atoms. The van der Waals surface area contributed by atoms with Gasteiger partial charge in [-0.05, 0) is 32.3 Å². The number of hydrogen-bond donors (Lipinski definition) is 1. The number of carbonyl (C=O) groups is 3. The summed E-state index contributed by atoms with van der Waals surface area (Å²) in [6.45, 7) is 5.52. The van der Waals surface area contributed by atoms with E-state index in [0.29, 0.717) is 46.0 Å². The Hall–Kier alpha value is -3.29. The average Bonchev–Trinajstić information content (AvgIpc) is 2.77. The number of carbonyl (C=O) groups excluding carboxylic acids is 3. The highest BCUT2D eigenvalue weighted by atomic mass is 16.5. The molecule has 32 heavy (non-hydrogen) atoms. The van der Waals surface area contributed by atoms with E-state index in [1.165, 1.54) is 14.2 Å². The van der Waals surface area contributed by atoms with Crippen molar-refractivity contribution in [3.63, 3.8) is 0 Å². The van der Waals surface area contributed by atoms with E-state index in [1.54, 1.807) is 39.2 Å². The van der Waals surface area contributed by atoms with Crippen molar-refractivity contribution in [1.29, 1.82) is 0 Å². The number of ether oxygens (including phenoxy) is 4. The molecule has 1 aliphatic heterocycles. The van der Waals surface area contributed by atoms with E-state index in [1.807, 2.05) is 6.92 Å². The summed E-state index contributed by atoms with van der Waals surface area (Å²) >= 11 is 0. The topological polar surface area (TPSA) is 100 Å². The molecule has 0 saturated heterocycles. The van der Waals surface area contributed by atoms with Crippen molar-refractivity contribution in [2.45, 2.75) is 33.1 Å². The zero-order valence-electron chi connectivity index (χ0n) is 19.2. The van der Waals surface area contributed by atoms with Gasteiger partial charge in [0.15, 0.2) is 5.78 Å². The van der Waals surface area contributed by atoms with Gasteiger partial charge in [-0.1, -0.05) is 13.0 Å². The van der Waals surface area contributed by atoms with Crippen LogP contribution in [0.5, 0.6) is 11.5 Å². The minimum atomic E-state index is -0.950. The van der Waals surface area contributed by atoms with Crippen molar-refractivity contribution >= 4 is 17.7 Å². The molecule has 0 spiro atoms. The molecule has 1 N–H and O–H groups in total. The van der Waals surface area contributed by atoms with E-state index in [2.05, 4.69) is 5.32 Å². The number of esters is 2. The lowest BCUT2D eigenvalue weighted by atomic mass is 9.69. The van der Waals surface area contributed by atoms with Gasteiger partial charge in [-0.3, -0.25) is 9.59 Å². The van der Waals surface area contributed by atoms with Crippen LogP contribution in [0, 0.1) is 11.8 Å². The number of methoxy groups -OCH3 is 3. The number of nitrogens with one attached hydrogen (secondary N) is 1. The highest BCUT2D eigenvalue weighted by molar-refractivity contribution is 6.12. The summed E-state index contributed by atoms with van der Waals surface area (Å²) in [7, 11) is 4.32. The predicted molar refractivity (Wildman–Crippen MR) is 116 cm³/mol. The maximum atomic E-state index is 13.7. The van der Waals surface area contributed by atoms with Gasteiger partial charge in [-0.25, -0.2) is 4.79 Å². The number of allylic oxidation sites excluding steroid dienone is 3. The lowest BCUT2D eigenvalue weighted by Gasteiger charge is -2.38. The van der Waals surface area contributed by atoms with E-state index in [-0.39, 0.29) is 18.3 Å². The molecule has 2 aliphatic rings. The largest absolute Gasteiger partial charge is 0.497 e. The summed E-state index contributed by atoms with van der Waals surface area (Å²) in [5.41, 5.74) is 2.56. The number of rotatable bonds is 6. The van der Waals surface area contributed by atoms with E-state index < -0.39 is 23.8 Å². The Labute approximate surface area is 187 Å². The number of hydrogen-bond acceptors (Lipinski definition) is 8. The standard InChI is InChI=1S/C24H29NO7/c1-7-32-24(28)19-13(3)25-16-10-12(2)18(23(27)31-6)22(26)21(16)20(19)15-9-8-14(29-4)11-17(15)30-5/h8-9,11-12,18,20,25H,7,10H2,1-6H3/t12-,18+,20+/m0/s1. The molecule has 0 fully saturated rings. The lowest BCUT2D eigenvalue weighted by Crippen LogP contribution is -2.43. The van der Waals surface area contributed by atoms with Gasteiger partial charge in [0.25, 0.3) is 0 Å². The molecular weight excluding hydrogens is 414 g/mol. The molecule has 1 aliphatic carbocycles. The van der Waals surface area contributed by atoms with Gasteiger partial charge in [-0.15, -0.1) is 0 Å². The van der Waals surface area contributed by atoms with Gasteiger partial charge in [0, 0.05) is 28.6 Å². The number of ketones is 1. The molecule has 0 saturated carbocycles. The summed E-state index contributed by atoms with van der Waals surface area (Å²) in [6, 6.07) is 5.21. The second kappa shape index (κ2) is 9.46. The molecule has 3 atom stereocenters. The summed E-state index contributed by atoms with van der Waals surface area (Å²) in [5.74, 6) is -2.42. The summed E-state index contributed by atoms with van der Waals surface area (Å²) < 4.78 is 21.1. The quantitative estimate of drug-likeness (QED) is 0.529. The Morgan fingerprint density at radius 3 is 2.47 bits per heavy atom. The minimum absolute atomic E-state index is 0.184. The van der Waals surface area contributed by atoms with Crippen LogP contribution in [-0.2, 0) is 23.9 Å². The van der Waals surface area contributed by atoms with Crippen LogP contribution in [0.25, 0.3) is 0 Å². The van der Waals surface area contributed by atoms with Crippen LogP contribution in [0.2, 0.25) is 0 Å². The van der Waals surface area contributed by atoms with E-state index in [0.717, 1.165) is 0 Å². The van der Waals surface area contributed by atoms with Crippen molar-refractivity contribution in [2.24, 2.45) is 11.8 Å². The fraction of sp³-hybridized carbons (Fsp3) is 0.458. The fourth-order valence-corrected chi connectivity index (χ4v) is 4.53. The third kappa shape index (κ3) is 3.97. The Kier molecular flexibility index (Phi) is 6.91. The SMILES string of the molecule is CCOC(=O)C1=C(C)NC2=C(C(=O)[C@H](C(=O)OC)[C@@H](C)C2)[C@@H]1c1ccc(OC)cc1OC. The maximum Gasteiger partial charge on any atom is 0.336 e. The van der Waals surface area contributed by atoms with Crippen LogP contribution in [0.4, 0.5) is 0 Å². The molecule has 0 amide bonds. The normalized spacial score (nSPS) is 22.7. The molecular formula is C24H29NO7. The first kappa shape index (κ1) is 23.4.